The third kappa shape index (κ3) is 1.46. The summed E-state index contributed by atoms with van der Waals surface area (Å²) in [6.07, 6.45) is 1.99. The molecule has 0 amide bonds. The summed E-state index contributed by atoms with van der Waals surface area (Å²) in [5, 5.41) is 7.88. The van der Waals surface area contributed by atoms with E-state index in [9.17, 15) is 0 Å². The Labute approximate surface area is 71.8 Å². The van der Waals surface area contributed by atoms with Crippen molar-refractivity contribution < 1.29 is 5.32 Å². The van der Waals surface area contributed by atoms with Crippen LogP contribution < -0.4 is 5.32 Å². The minimum atomic E-state index is 0.806. The van der Waals surface area contributed by atoms with E-state index in [2.05, 4.69) is 5.10 Å². The van der Waals surface area contributed by atoms with Crippen LogP contribution in [0.3, 0.4) is 0 Å². The molecule has 0 aromatic heterocycles. The van der Waals surface area contributed by atoms with Gasteiger partial charge in [-0.05, 0) is 6.92 Å². The van der Waals surface area contributed by atoms with Gasteiger partial charge in [-0.1, -0.05) is 12.2 Å². The van der Waals surface area contributed by atoms with Crippen LogP contribution in [0.25, 0.3) is 0 Å². The Kier molecular flexibility index (Phi) is 2.36. The van der Waals surface area contributed by atoms with Crippen molar-refractivity contribution in [3.05, 3.63) is 11.8 Å². The fourth-order valence-corrected chi connectivity index (χ4v) is 1.27. The van der Waals surface area contributed by atoms with Gasteiger partial charge in [0.05, 0.1) is 18.3 Å². The number of rotatable bonds is 1. The molecule has 11 heavy (non-hydrogen) atoms. The molecule has 0 saturated carbocycles. The van der Waals surface area contributed by atoms with E-state index in [0.717, 1.165) is 16.3 Å². The molecule has 0 spiro atoms. The Morgan fingerprint density at radius 2 is 2.27 bits per heavy atom. The minimum absolute atomic E-state index is 0.806. The molecule has 0 unspecified atom stereocenters. The lowest BCUT2D eigenvalue weighted by molar-refractivity contribution is -0.556. The van der Waals surface area contributed by atoms with Gasteiger partial charge >= 0.3 is 0 Å². The minimum Gasteiger partial charge on any atom is -0.322 e. The van der Waals surface area contributed by atoms with Crippen LogP contribution >= 0.6 is 12.2 Å². The molecule has 0 atom stereocenters. The zero-order valence-electron chi connectivity index (χ0n) is 6.96. The van der Waals surface area contributed by atoms with Crippen molar-refractivity contribution in [1.82, 2.24) is 5.01 Å². The molecule has 0 saturated heterocycles. The summed E-state index contributed by atoms with van der Waals surface area (Å²) in [6.45, 7) is 1.96. The Balaban J connectivity index is 2.92. The zero-order valence-corrected chi connectivity index (χ0v) is 7.77. The van der Waals surface area contributed by atoms with Crippen LogP contribution in [-0.2, 0) is 0 Å². The lowest BCUT2D eigenvalue weighted by Crippen LogP contribution is -2.73. The van der Waals surface area contributed by atoms with E-state index >= 15 is 0 Å². The number of thiocarbonyl (C=S) groups is 1. The van der Waals surface area contributed by atoms with Gasteiger partial charge in [-0.2, -0.15) is 5.10 Å². The first-order chi connectivity index (χ1) is 5.16. The largest absolute Gasteiger partial charge is 0.322 e. The molecular formula is C7H12N3S+. The van der Waals surface area contributed by atoms with Crippen molar-refractivity contribution in [2.24, 2.45) is 5.10 Å². The standard InChI is InChI=1S/C7H11N3S/c1-5-6(4-8-2)7(11)10(3)9-5/h4,8H,1-3H3/p+1. The van der Waals surface area contributed by atoms with Crippen molar-refractivity contribution in [2.75, 3.05) is 14.1 Å². The molecule has 0 aromatic rings. The second-order valence-electron chi connectivity index (χ2n) is 2.43. The average molecular weight is 170 g/mol. The van der Waals surface area contributed by atoms with E-state index in [1.165, 1.54) is 0 Å². The second-order valence-corrected chi connectivity index (χ2v) is 2.81. The molecule has 0 fully saturated rings. The molecule has 4 heteroatoms. The molecule has 1 rings (SSSR count). The maximum Gasteiger partial charge on any atom is 0.136 e. The summed E-state index contributed by atoms with van der Waals surface area (Å²) in [4.78, 5) is 0.806. The topological polar surface area (TPSA) is 32.2 Å². The molecule has 0 bridgehead atoms. The Morgan fingerprint density at radius 3 is 2.64 bits per heavy atom. The Morgan fingerprint density at radius 1 is 1.64 bits per heavy atom. The number of hydrazone groups is 1. The fourth-order valence-electron chi connectivity index (χ4n) is 1.01. The van der Waals surface area contributed by atoms with Crippen LogP contribution in [0.1, 0.15) is 6.92 Å². The molecule has 0 radical (unpaired) electrons. The number of hydrogen-bond acceptors (Lipinski definition) is 2. The highest BCUT2D eigenvalue weighted by atomic mass is 32.1. The van der Waals surface area contributed by atoms with E-state index in [0.29, 0.717) is 0 Å². The summed E-state index contributed by atoms with van der Waals surface area (Å²) >= 11 is 5.13. The maximum atomic E-state index is 5.13. The summed E-state index contributed by atoms with van der Waals surface area (Å²) in [5.41, 5.74) is 2.06. The van der Waals surface area contributed by atoms with Gasteiger partial charge in [-0.15, -0.1) is 0 Å². The third-order valence-electron chi connectivity index (χ3n) is 1.55. The summed E-state index contributed by atoms with van der Waals surface area (Å²) in [5.74, 6) is 0. The number of nitrogens with zero attached hydrogens (tertiary/aromatic N) is 2. The van der Waals surface area contributed by atoms with Crippen molar-refractivity contribution in [2.45, 2.75) is 6.92 Å². The molecular weight excluding hydrogens is 158 g/mol. The smallest absolute Gasteiger partial charge is 0.136 e. The van der Waals surface area contributed by atoms with Gasteiger partial charge in [0.15, 0.2) is 0 Å². The lowest BCUT2D eigenvalue weighted by atomic mass is 10.2. The van der Waals surface area contributed by atoms with Crippen molar-refractivity contribution in [3.8, 4) is 0 Å². The van der Waals surface area contributed by atoms with Gasteiger partial charge in [0.2, 0.25) is 0 Å². The monoisotopic (exact) mass is 170 g/mol. The third-order valence-corrected chi connectivity index (χ3v) is 2.03. The Hall–Kier alpha value is -0.740. The van der Waals surface area contributed by atoms with Crippen molar-refractivity contribution >= 4 is 22.9 Å². The second kappa shape index (κ2) is 3.11. The van der Waals surface area contributed by atoms with E-state index in [4.69, 9.17) is 12.2 Å². The highest BCUT2D eigenvalue weighted by molar-refractivity contribution is 7.80. The molecule has 60 valence electrons. The fraction of sp³-hybridized carbons (Fsp3) is 0.429. The van der Waals surface area contributed by atoms with Gasteiger partial charge in [-0.3, -0.25) is 5.01 Å². The van der Waals surface area contributed by atoms with Gasteiger partial charge in [0, 0.05) is 7.05 Å². The summed E-state index contributed by atoms with van der Waals surface area (Å²) in [6, 6.07) is 0. The lowest BCUT2D eigenvalue weighted by Gasteiger charge is -2.03. The predicted molar refractivity (Wildman–Crippen MR) is 49.4 cm³/mol. The highest BCUT2D eigenvalue weighted by Gasteiger charge is 2.20. The number of quaternary nitrogens is 1. The quantitative estimate of drug-likeness (QED) is 0.433. The van der Waals surface area contributed by atoms with Gasteiger partial charge in [0.25, 0.3) is 0 Å². The van der Waals surface area contributed by atoms with Gasteiger partial charge < -0.3 is 5.32 Å². The number of nitrogens with two attached hydrogens (primary N) is 1. The highest BCUT2D eigenvalue weighted by Crippen LogP contribution is 2.12. The van der Waals surface area contributed by atoms with Crippen molar-refractivity contribution in [1.29, 1.82) is 0 Å². The molecule has 0 aliphatic carbocycles. The first kappa shape index (κ1) is 8.36. The van der Waals surface area contributed by atoms with Crippen LogP contribution in [0.5, 0.6) is 0 Å². The van der Waals surface area contributed by atoms with Gasteiger partial charge in [0.1, 0.15) is 11.2 Å². The van der Waals surface area contributed by atoms with E-state index in [1.54, 1.807) is 5.01 Å². The van der Waals surface area contributed by atoms with Crippen LogP contribution in [0, 0.1) is 0 Å². The van der Waals surface area contributed by atoms with E-state index in [-0.39, 0.29) is 0 Å². The van der Waals surface area contributed by atoms with Crippen LogP contribution in [-0.4, -0.2) is 29.8 Å². The van der Waals surface area contributed by atoms with Crippen LogP contribution in [0.4, 0.5) is 0 Å². The average Bonchev–Trinajstić information content (AvgIpc) is 2.17. The molecule has 1 heterocycles. The SMILES string of the molecule is C[NH2+]C=C1C(=S)N(C)N=C1C. The molecule has 2 N–H and O–H groups in total. The first-order valence-electron chi connectivity index (χ1n) is 3.50. The predicted octanol–water partition coefficient (Wildman–Crippen LogP) is -0.288. The molecule has 1 aliphatic heterocycles. The van der Waals surface area contributed by atoms with E-state index < -0.39 is 0 Å². The van der Waals surface area contributed by atoms with Gasteiger partial charge in [-0.25, -0.2) is 0 Å². The van der Waals surface area contributed by atoms with Crippen LogP contribution in [0.2, 0.25) is 0 Å². The maximum absolute atomic E-state index is 5.13. The number of likely N-dealkylation sites (N-methyl/N-ethyl adjacent to an activating group) is 1. The zero-order chi connectivity index (χ0) is 8.43. The summed E-state index contributed by atoms with van der Waals surface area (Å²) in [7, 11) is 3.84. The molecule has 0 aromatic carbocycles. The first-order valence-corrected chi connectivity index (χ1v) is 3.91. The van der Waals surface area contributed by atoms with Crippen molar-refractivity contribution in [3.63, 3.8) is 0 Å². The van der Waals surface area contributed by atoms with Crippen LogP contribution in [0.15, 0.2) is 16.9 Å². The Bertz CT molecular complexity index is 242. The number of hydrogen-bond donors (Lipinski definition) is 1. The normalized spacial score (nSPS) is 21.4. The van der Waals surface area contributed by atoms with E-state index in [1.807, 2.05) is 32.5 Å². The summed E-state index contributed by atoms with van der Waals surface area (Å²) < 4.78 is 0. The molecule has 3 nitrogen and oxygen atoms in total. The molecule has 1 aliphatic rings.